The van der Waals surface area contributed by atoms with Crippen molar-refractivity contribution in [2.24, 2.45) is 11.3 Å². The van der Waals surface area contributed by atoms with Crippen LogP contribution in [0.5, 0.6) is 0 Å². The van der Waals surface area contributed by atoms with E-state index in [1.165, 1.54) is 0 Å². The van der Waals surface area contributed by atoms with Crippen molar-refractivity contribution in [3.05, 3.63) is 35.7 Å². The Kier molecular flexibility index (Phi) is 10.1. The molecule has 0 aromatic rings. The van der Waals surface area contributed by atoms with Gasteiger partial charge in [-0.15, -0.1) is 11.6 Å². The fourth-order valence-electron chi connectivity index (χ4n) is 1.89. The summed E-state index contributed by atoms with van der Waals surface area (Å²) in [5, 5.41) is 8.06. The zero-order chi connectivity index (χ0) is 18.0. The van der Waals surface area contributed by atoms with Crippen LogP contribution in [0.25, 0.3) is 0 Å². The molecule has 23 heavy (non-hydrogen) atoms. The van der Waals surface area contributed by atoms with Crippen LogP contribution < -0.4 is 0 Å². The summed E-state index contributed by atoms with van der Waals surface area (Å²) in [7, 11) is 0. The third-order valence-electron chi connectivity index (χ3n) is 3.44. The van der Waals surface area contributed by atoms with Gasteiger partial charge in [-0.1, -0.05) is 33.4 Å². The Hall–Kier alpha value is -1.16. The Morgan fingerprint density at radius 1 is 1.39 bits per heavy atom. The molecule has 0 aliphatic rings. The van der Waals surface area contributed by atoms with E-state index in [4.69, 9.17) is 21.7 Å². The molecule has 0 rings (SSSR count). The van der Waals surface area contributed by atoms with Gasteiger partial charge in [-0.05, 0) is 36.8 Å². The molecular formula is C18H28ClF2NO. The number of alkyl halides is 2. The van der Waals surface area contributed by atoms with Crippen molar-refractivity contribution in [2.45, 2.75) is 40.5 Å². The highest BCUT2D eigenvalue weighted by atomic mass is 35.5. The predicted octanol–water partition coefficient (Wildman–Crippen LogP) is 5.99. The van der Waals surface area contributed by atoms with Crippen LogP contribution in [0, 0.1) is 16.7 Å². The molecular weight excluding hydrogens is 320 g/mol. The van der Waals surface area contributed by atoms with Gasteiger partial charge in [0.2, 0.25) is 0 Å². The molecule has 0 aromatic heterocycles. The molecule has 0 aromatic carbocycles. The molecule has 0 fully saturated rings. The Balaban J connectivity index is 5.83. The molecule has 1 atom stereocenters. The van der Waals surface area contributed by atoms with Gasteiger partial charge in [0.15, 0.2) is 5.90 Å². The van der Waals surface area contributed by atoms with E-state index in [9.17, 15) is 8.78 Å². The Bertz CT molecular complexity index is 464. The summed E-state index contributed by atoms with van der Waals surface area (Å²) in [4.78, 5) is 0. The molecule has 2 nitrogen and oxygen atoms in total. The molecule has 0 saturated carbocycles. The molecule has 0 amide bonds. The van der Waals surface area contributed by atoms with Crippen molar-refractivity contribution < 1.29 is 13.5 Å². The highest BCUT2D eigenvalue weighted by Gasteiger charge is 2.25. The summed E-state index contributed by atoms with van der Waals surface area (Å²) in [6.07, 6.45) is 3.53. The number of hydrogen-bond donors (Lipinski definition) is 1. The van der Waals surface area contributed by atoms with Crippen molar-refractivity contribution in [3.8, 4) is 0 Å². The summed E-state index contributed by atoms with van der Waals surface area (Å²) < 4.78 is 32.2. The van der Waals surface area contributed by atoms with E-state index in [1.54, 1.807) is 13.0 Å². The zero-order valence-electron chi connectivity index (χ0n) is 14.5. The van der Waals surface area contributed by atoms with Crippen LogP contribution in [0.1, 0.15) is 40.5 Å². The molecule has 132 valence electrons. The lowest BCUT2D eigenvalue weighted by Crippen LogP contribution is -2.21. The molecule has 5 heteroatoms. The maximum absolute atomic E-state index is 14.4. The van der Waals surface area contributed by atoms with Crippen LogP contribution in [-0.4, -0.2) is 25.1 Å². The van der Waals surface area contributed by atoms with Gasteiger partial charge >= 0.3 is 0 Å². The largest absolute Gasteiger partial charge is 0.481 e. The van der Waals surface area contributed by atoms with E-state index in [-0.39, 0.29) is 16.9 Å². The van der Waals surface area contributed by atoms with Gasteiger partial charge in [0.05, 0.1) is 12.5 Å². The van der Waals surface area contributed by atoms with Crippen LogP contribution in [0.3, 0.4) is 0 Å². The molecule has 0 radical (unpaired) electrons. The number of nitrogens with one attached hydrogen (secondary N) is 1. The molecule has 0 bridgehead atoms. The quantitative estimate of drug-likeness (QED) is 0.236. The molecule has 0 heterocycles. The van der Waals surface area contributed by atoms with Crippen LogP contribution in [0.15, 0.2) is 35.7 Å². The standard InChI is InChI=1S/C18H28ClF2NO/c1-6-23-17(22)14(8-7-10-19)15(16(21)9-11-20)12-13(2)18(3,4)5/h9,12,14,22H,2,6-8,10-11H2,1,3-5H3/b15-12-,16-9+,22-17?. The summed E-state index contributed by atoms with van der Waals surface area (Å²) in [6, 6.07) is 0. The minimum Gasteiger partial charge on any atom is -0.481 e. The number of rotatable bonds is 9. The van der Waals surface area contributed by atoms with Crippen molar-refractivity contribution >= 4 is 17.5 Å². The van der Waals surface area contributed by atoms with Gasteiger partial charge < -0.3 is 4.74 Å². The van der Waals surface area contributed by atoms with Gasteiger partial charge in [0.25, 0.3) is 0 Å². The fraction of sp³-hybridized carbons (Fsp3) is 0.611. The molecule has 0 spiro atoms. The zero-order valence-corrected chi connectivity index (χ0v) is 15.3. The number of halogens is 3. The summed E-state index contributed by atoms with van der Waals surface area (Å²) in [5.41, 5.74) is 0.674. The average molecular weight is 348 g/mol. The highest BCUT2D eigenvalue weighted by Crippen LogP contribution is 2.32. The van der Waals surface area contributed by atoms with Crippen LogP contribution in [0.4, 0.5) is 8.78 Å². The third kappa shape index (κ3) is 7.78. The lowest BCUT2D eigenvalue weighted by Gasteiger charge is -2.24. The third-order valence-corrected chi connectivity index (χ3v) is 3.71. The minimum atomic E-state index is -0.907. The van der Waals surface area contributed by atoms with E-state index in [2.05, 4.69) is 6.58 Å². The smallest absolute Gasteiger partial charge is 0.188 e. The first-order valence-electron chi connectivity index (χ1n) is 7.79. The van der Waals surface area contributed by atoms with E-state index < -0.39 is 18.4 Å². The van der Waals surface area contributed by atoms with E-state index in [0.29, 0.717) is 30.9 Å². The second kappa shape index (κ2) is 10.6. The van der Waals surface area contributed by atoms with Crippen molar-refractivity contribution in [1.29, 1.82) is 5.41 Å². The summed E-state index contributed by atoms with van der Waals surface area (Å²) >= 11 is 5.73. The van der Waals surface area contributed by atoms with Crippen molar-refractivity contribution in [1.82, 2.24) is 0 Å². The van der Waals surface area contributed by atoms with Crippen molar-refractivity contribution in [3.63, 3.8) is 0 Å². The molecule has 0 aliphatic carbocycles. The highest BCUT2D eigenvalue weighted by molar-refractivity contribution is 6.17. The van der Waals surface area contributed by atoms with E-state index >= 15 is 0 Å². The van der Waals surface area contributed by atoms with E-state index in [0.717, 1.165) is 6.08 Å². The maximum Gasteiger partial charge on any atom is 0.188 e. The topological polar surface area (TPSA) is 33.1 Å². The van der Waals surface area contributed by atoms with Gasteiger partial charge in [-0.2, -0.15) is 0 Å². The number of allylic oxidation sites excluding steroid dienone is 4. The Labute approximate surface area is 143 Å². The first kappa shape index (κ1) is 21.8. The van der Waals surface area contributed by atoms with Gasteiger partial charge in [-0.3, -0.25) is 5.41 Å². The van der Waals surface area contributed by atoms with Gasteiger partial charge in [-0.25, -0.2) is 8.78 Å². The number of ether oxygens (including phenoxy) is 1. The second-order valence-electron chi connectivity index (χ2n) is 6.26. The molecule has 1 N–H and O–H groups in total. The van der Waals surface area contributed by atoms with Crippen LogP contribution >= 0.6 is 11.6 Å². The van der Waals surface area contributed by atoms with E-state index in [1.807, 2.05) is 20.8 Å². The fourth-order valence-corrected chi connectivity index (χ4v) is 2.05. The normalized spacial score (nSPS) is 14.6. The van der Waals surface area contributed by atoms with Crippen LogP contribution in [-0.2, 0) is 4.74 Å². The Morgan fingerprint density at radius 2 is 2.00 bits per heavy atom. The monoisotopic (exact) mass is 347 g/mol. The second-order valence-corrected chi connectivity index (χ2v) is 6.64. The summed E-state index contributed by atoms with van der Waals surface area (Å²) in [6.45, 7) is 11.0. The first-order chi connectivity index (χ1) is 10.7. The number of hydrogen-bond acceptors (Lipinski definition) is 2. The molecule has 0 saturated heterocycles. The lowest BCUT2D eigenvalue weighted by atomic mass is 9.83. The van der Waals surface area contributed by atoms with Crippen LogP contribution in [0.2, 0.25) is 0 Å². The lowest BCUT2D eigenvalue weighted by molar-refractivity contribution is 0.298. The SMILES string of the molecule is C=C(/C=C(\C(F)=C/CF)C(CCCCl)C(=N)OCC)C(C)(C)C. The first-order valence-corrected chi connectivity index (χ1v) is 8.32. The Morgan fingerprint density at radius 3 is 2.43 bits per heavy atom. The van der Waals surface area contributed by atoms with Gasteiger partial charge in [0.1, 0.15) is 12.5 Å². The summed E-state index contributed by atoms with van der Waals surface area (Å²) in [5.74, 6) is -0.914. The van der Waals surface area contributed by atoms with Crippen molar-refractivity contribution in [2.75, 3.05) is 19.2 Å². The molecule has 1 unspecified atom stereocenters. The average Bonchev–Trinajstić information content (AvgIpc) is 2.45. The van der Waals surface area contributed by atoms with Gasteiger partial charge in [0, 0.05) is 11.5 Å². The maximum atomic E-state index is 14.4. The molecule has 0 aliphatic heterocycles. The minimum absolute atomic E-state index is 0.0343. The predicted molar refractivity (Wildman–Crippen MR) is 94.6 cm³/mol.